The third-order valence-corrected chi connectivity index (χ3v) is 6.42. The van der Waals surface area contributed by atoms with Crippen LogP contribution in [-0.4, -0.2) is 23.2 Å². The lowest BCUT2D eigenvalue weighted by molar-refractivity contribution is 0.299. The molecule has 0 radical (unpaired) electrons. The molecule has 0 fully saturated rings. The van der Waals surface area contributed by atoms with E-state index in [0.29, 0.717) is 34.5 Å². The summed E-state index contributed by atoms with van der Waals surface area (Å²) in [6.07, 6.45) is 10.7. The second-order valence-corrected chi connectivity index (χ2v) is 8.36. The lowest BCUT2D eigenvalue weighted by atomic mass is 10.1. The standard InChI is InChI=1S/C22H21ClN2O3S/c1-3-10-28-19-15(23)11-13(12-16(19)27-4-2)20-24-21(26)18-14-8-6-5-7-9-17(14)29-22(18)25-20/h1,11-12H,4-10H2,2H3,(H,24,25,26). The maximum Gasteiger partial charge on any atom is 0.260 e. The predicted octanol–water partition coefficient (Wildman–Crippen LogP) is 4.98. The van der Waals surface area contributed by atoms with E-state index in [-0.39, 0.29) is 12.2 Å². The number of rotatable bonds is 5. The van der Waals surface area contributed by atoms with Gasteiger partial charge in [-0.3, -0.25) is 4.79 Å². The fourth-order valence-electron chi connectivity index (χ4n) is 3.70. The van der Waals surface area contributed by atoms with Gasteiger partial charge in [0.1, 0.15) is 17.3 Å². The zero-order chi connectivity index (χ0) is 20.4. The van der Waals surface area contributed by atoms with Crippen LogP contribution in [0.3, 0.4) is 0 Å². The highest BCUT2D eigenvalue weighted by molar-refractivity contribution is 7.18. The number of aromatic amines is 1. The van der Waals surface area contributed by atoms with Gasteiger partial charge in [0.25, 0.3) is 5.56 Å². The first-order valence-electron chi connectivity index (χ1n) is 9.70. The summed E-state index contributed by atoms with van der Waals surface area (Å²) in [4.78, 5) is 22.7. The molecule has 5 nitrogen and oxygen atoms in total. The van der Waals surface area contributed by atoms with E-state index in [1.54, 1.807) is 23.5 Å². The van der Waals surface area contributed by atoms with E-state index in [9.17, 15) is 4.79 Å². The van der Waals surface area contributed by atoms with Gasteiger partial charge in [-0.05, 0) is 50.3 Å². The number of terminal acetylenes is 1. The molecule has 1 N–H and O–H groups in total. The molecule has 1 aliphatic rings. The second-order valence-electron chi connectivity index (χ2n) is 6.87. The van der Waals surface area contributed by atoms with Gasteiger partial charge in [0.05, 0.1) is 17.0 Å². The fourth-order valence-corrected chi connectivity index (χ4v) is 5.23. The largest absolute Gasteiger partial charge is 0.490 e. The highest BCUT2D eigenvalue weighted by Gasteiger charge is 2.20. The molecule has 2 aromatic heterocycles. The number of aryl methyl sites for hydroxylation is 2. The molecule has 0 bridgehead atoms. The lowest BCUT2D eigenvalue weighted by Gasteiger charge is -2.14. The molecule has 7 heteroatoms. The van der Waals surface area contributed by atoms with Crippen LogP contribution in [0.15, 0.2) is 16.9 Å². The Bertz CT molecular complexity index is 1160. The van der Waals surface area contributed by atoms with Gasteiger partial charge in [-0.15, -0.1) is 17.8 Å². The molecular weight excluding hydrogens is 408 g/mol. The van der Waals surface area contributed by atoms with Gasteiger partial charge < -0.3 is 14.5 Å². The second kappa shape index (κ2) is 8.48. The number of thiophene rings is 1. The first-order valence-corrected chi connectivity index (χ1v) is 10.9. The monoisotopic (exact) mass is 428 g/mol. The Morgan fingerprint density at radius 3 is 2.90 bits per heavy atom. The Morgan fingerprint density at radius 1 is 1.28 bits per heavy atom. The number of nitrogens with zero attached hydrogens (tertiary/aromatic N) is 1. The van der Waals surface area contributed by atoms with Crippen LogP contribution in [0.25, 0.3) is 21.6 Å². The number of halogens is 1. The topological polar surface area (TPSA) is 64.2 Å². The quantitative estimate of drug-likeness (QED) is 0.459. The fraction of sp³-hybridized carbons (Fsp3) is 0.364. The first kappa shape index (κ1) is 19.8. The molecule has 3 aromatic rings. The van der Waals surface area contributed by atoms with Crippen molar-refractivity contribution >= 4 is 33.2 Å². The van der Waals surface area contributed by atoms with Crippen molar-refractivity contribution in [2.75, 3.05) is 13.2 Å². The van der Waals surface area contributed by atoms with Crippen molar-refractivity contribution < 1.29 is 9.47 Å². The summed E-state index contributed by atoms with van der Waals surface area (Å²) in [6, 6.07) is 3.47. The smallest absolute Gasteiger partial charge is 0.260 e. The molecule has 0 spiro atoms. The first-order chi connectivity index (χ1) is 14.1. The summed E-state index contributed by atoms with van der Waals surface area (Å²) in [5.41, 5.74) is 1.73. The average Bonchev–Trinajstić information content (AvgIpc) is 2.89. The predicted molar refractivity (Wildman–Crippen MR) is 117 cm³/mol. The zero-order valence-electron chi connectivity index (χ0n) is 16.1. The molecule has 150 valence electrons. The zero-order valence-corrected chi connectivity index (χ0v) is 17.7. The maximum absolute atomic E-state index is 12.9. The third-order valence-electron chi connectivity index (χ3n) is 4.96. The number of hydrogen-bond acceptors (Lipinski definition) is 5. The van der Waals surface area contributed by atoms with Crippen LogP contribution in [-0.2, 0) is 12.8 Å². The van der Waals surface area contributed by atoms with Crippen LogP contribution in [0.2, 0.25) is 5.02 Å². The summed E-state index contributed by atoms with van der Waals surface area (Å²) in [7, 11) is 0. The highest BCUT2D eigenvalue weighted by atomic mass is 35.5. The van der Waals surface area contributed by atoms with Gasteiger partial charge in [0, 0.05) is 10.4 Å². The van der Waals surface area contributed by atoms with Gasteiger partial charge in [-0.2, -0.15) is 0 Å². The van der Waals surface area contributed by atoms with Crippen molar-refractivity contribution in [2.24, 2.45) is 0 Å². The van der Waals surface area contributed by atoms with Gasteiger partial charge in [-0.25, -0.2) is 4.98 Å². The average molecular weight is 429 g/mol. The van der Waals surface area contributed by atoms with E-state index in [2.05, 4.69) is 10.9 Å². The Labute approximate surface area is 178 Å². The summed E-state index contributed by atoms with van der Waals surface area (Å²) in [5, 5.41) is 1.09. The van der Waals surface area contributed by atoms with E-state index in [1.165, 1.54) is 16.9 Å². The Kier molecular flexibility index (Phi) is 5.79. The molecule has 0 saturated heterocycles. The molecule has 1 aromatic carbocycles. The Hall–Kier alpha value is -2.49. The minimum absolute atomic E-state index is 0.0843. The highest BCUT2D eigenvalue weighted by Crippen LogP contribution is 2.40. The third kappa shape index (κ3) is 3.85. The van der Waals surface area contributed by atoms with E-state index < -0.39 is 0 Å². The summed E-state index contributed by atoms with van der Waals surface area (Å²) < 4.78 is 11.2. The number of aromatic nitrogens is 2. The van der Waals surface area contributed by atoms with Crippen LogP contribution in [0.4, 0.5) is 0 Å². The van der Waals surface area contributed by atoms with E-state index in [4.69, 9.17) is 32.5 Å². The molecule has 0 atom stereocenters. The van der Waals surface area contributed by atoms with Crippen LogP contribution in [0.5, 0.6) is 11.5 Å². The number of hydrogen-bond donors (Lipinski definition) is 1. The van der Waals surface area contributed by atoms with E-state index in [1.807, 2.05) is 6.92 Å². The van der Waals surface area contributed by atoms with Crippen molar-refractivity contribution in [1.82, 2.24) is 9.97 Å². The molecule has 4 rings (SSSR count). The molecule has 0 unspecified atom stereocenters. The summed E-state index contributed by atoms with van der Waals surface area (Å²) in [6.45, 7) is 2.39. The summed E-state index contributed by atoms with van der Waals surface area (Å²) in [5.74, 6) is 3.74. The molecule has 2 heterocycles. The minimum Gasteiger partial charge on any atom is -0.490 e. The number of benzene rings is 1. The number of nitrogens with one attached hydrogen (secondary N) is 1. The molecule has 0 amide bonds. The molecule has 29 heavy (non-hydrogen) atoms. The van der Waals surface area contributed by atoms with Crippen molar-refractivity contribution in [2.45, 2.75) is 39.0 Å². The number of fused-ring (bicyclic) bond motifs is 3. The molecule has 1 aliphatic carbocycles. The SMILES string of the molecule is C#CCOc1c(Cl)cc(-c2nc3sc4c(c3c(=O)[nH]2)CCCCC4)cc1OCC. The Morgan fingerprint density at radius 2 is 2.10 bits per heavy atom. The van der Waals surface area contributed by atoms with Gasteiger partial charge in [0.2, 0.25) is 0 Å². The van der Waals surface area contributed by atoms with Gasteiger partial charge in [-0.1, -0.05) is 23.9 Å². The van der Waals surface area contributed by atoms with Crippen molar-refractivity contribution in [1.29, 1.82) is 0 Å². The van der Waals surface area contributed by atoms with Crippen LogP contribution in [0.1, 0.15) is 36.6 Å². The van der Waals surface area contributed by atoms with E-state index >= 15 is 0 Å². The van der Waals surface area contributed by atoms with Crippen molar-refractivity contribution in [3.63, 3.8) is 0 Å². The Balaban J connectivity index is 1.82. The lowest BCUT2D eigenvalue weighted by Crippen LogP contribution is -2.10. The number of H-pyrrole nitrogens is 1. The van der Waals surface area contributed by atoms with Crippen LogP contribution >= 0.6 is 22.9 Å². The minimum atomic E-state index is -0.105. The van der Waals surface area contributed by atoms with E-state index in [0.717, 1.165) is 35.9 Å². The van der Waals surface area contributed by atoms with Crippen LogP contribution < -0.4 is 15.0 Å². The molecule has 0 saturated carbocycles. The number of ether oxygens (including phenoxy) is 2. The van der Waals surface area contributed by atoms with Gasteiger partial charge in [0.15, 0.2) is 11.5 Å². The normalized spacial score (nSPS) is 13.6. The van der Waals surface area contributed by atoms with Crippen molar-refractivity contribution in [3.8, 4) is 35.2 Å². The molecule has 0 aliphatic heterocycles. The van der Waals surface area contributed by atoms with Crippen LogP contribution in [0, 0.1) is 12.3 Å². The summed E-state index contributed by atoms with van der Waals surface area (Å²) >= 11 is 8.05. The molecular formula is C22H21ClN2O3S. The maximum atomic E-state index is 12.9. The van der Waals surface area contributed by atoms with Gasteiger partial charge >= 0.3 is 0 Å². The van der Waals surface area contributed by atoms with Crippen molar-refractivity contribution in [3.05, 3.63) is 37.9 Å².